The average molecular weight is 373 g/mol. The highest BCUT2D eigenvalue weighted by Gasteiger charge is 2.41. The molecular formula is C23H48O3. The molecular weight excluding hydrogens is 324 g/mol. The van der Waals surface area contributed by atoms with Crippen LogP contribution in [-0.2, 0) is 14.2 Å². The fraction of sp³-hybridized carbons (Fsp3) is 1.00. The number of rotatable bonds is 20. The Morgan fingerprint density at radius 2 is 0.846 bits per heavy atom. The van der Waals surface area contributed by atoms with E-state index in [2.05, 4.69) is 13.8 Å². The van der Waals surface area contributed by atoms with E-state index in [-0.39, 0.29) is 0 Å². The van der Waals surface area contributed by atoms with Crippen molar-refractivity contribution < 1.29 is 14.2 Å². The average Bonchev–Trinajstić information content (AvgIpc) is 2.63. The van der Waals surface area contributed by atoms with Crippen molar-refractivity contribution in [2.24, 2.45) is 5.92 Å². The summed E-state index contributed by atoms with van der Waals surface area (Å²) >= 11 is 0. The van der Waals surface area contributed by atoms with Crippen LogP contribution < -0.4 is 0 Å². The van der Waals surface area contributed by atoms with E-state index in [4.69, 9.17) is 14.2 Å². The van der Waals surface area contributed by atoms with Crippen LogP contribution in [0.3, 0.4) is 0 Å². The van der Waals surface area contributed by atoms with Crippen LogP contribution in [0.1, 0.15) is 118 Å². The molecule has 0 saturated heterocycles. The first kappa shape index (κ1) is 25.9. The Morgan fingerprint density at radius 3 is 1.19 bits per heavy atom. The van der Waals surface area contributed by atoms with E-state index in [1.165, 1.54) is 70.6 Å². The topological polar surface area (TPSA) is 27.7 Å². The fourth-order valence-corrected chi connectivity index (χ4v) is 3.75. The van der Waals surface area contributed by atoms with Gasteiger partial charge in [-0.05, 0) is 33.6 Å². The second kappa shape index (κ2) is 18.3. The van der Waals surface area contributed by atoms with Crippen molar-refractivity contribution in [1.29, 1.82) is 0 Å². The molecule has 1 atom stereocenters. The van der Waals surface area contributed by atoms with Gasteiger partial charge in [0.25, 0.3) is 5.97 Å². The van der Waals surface area contributed by atoms with Crippen LogP contribution in [0.25, 0.3) is 0 Å². The standard InChI is InChI=1S/C23H48O3/c1-6-11-13-15-17-19-21-22(20-18-16-14-12-7-2)23(24-8-3,25-9-4)26-10-5/h22H,6-21H2,1-5H3. The zero-order chi connectivity index (χ0) is 19.5. The zero-order valence-electron chi connectivity index (χ0n) is 18.6. The summed E-state index contributed by atoms with van der Waals surface area (Å²) in [7, 11) is 0. The Morgan fingerprint density at radius 1 is 0.500 bits per heavy atom. The van der Waals surface area contributed by atoms with E-state index < -0.39 is 5.97 Å². The summed E-state index contributed by atoms with van der Waals surface area (Å²) in [5, 5.41) is 0. The van der Waals surface area contributed by atoms with Gasteiger partial charge in [0.15, 0.2) is 0 Å². The molecule has 0 amide bonds. The number of hydrogen-bond donors (Lipinski definition) is 0. The molecule has 3 nitrogen and oxygen atoms in total. The predicted octanol–water partition coefficient (Wildman–Crippen LogP) is 7.48. The van der Waals surface area contributed by atoms with Crippen molar-refractivity contribution in [1.82, 2.24) is 0 Å². The van der Waals surface area contributed by atoms with Crippen LogP contribution in [0, 0.1) is 5.92 Å². The molecule has 0 aliphatic rings. The predicted molar refractivity (Wildman–Crippen MR) is 112 cm³/mol. The highest BCUT2D eigenvalue weighted by atomic mass is 16.9. The van der Waals surface area contributed by atoms with Crippen LogP contribution in [0.5, 0.6) is 0 Å². The number of hydrogen-bond acceptors (Lipinski definition) is 3. The van der Waals surface area contributed by atoms with Gasteiger partial charge in [0, 0.05) is 25.7 Å². The maximum atomic E-state index is 6.10. The van der Waals surface area contributed by atoms with Crippen molar-refractivity contribution in [3.8, 4) is 0 Å². The molecule has 0 aromatic heterocycles. The van der Waals surface area contributed by atoms with Crippen molar-refractivity contribution in [3.05, 3.63) is 0 Å². The normalized spacial score (nSPS) is 13.3. The molecule has 0 bridgehead atoms. The number of ether oxygens (including phenoxy) is 3. The smallest absolute Gasteiger partial charge is 0.285 e. The van der Waals surface area contributed by atoms with Crippen LogP contribution >= 0.6 is 0 Å². The van der Waals surface area contributed by atoms with Crippen LogP contribution in [-0.4, -0.2) is 25.8 Å². The fourth-order valence-electron chi connectivity index (χ4n) is 3.75. The maximum Gasteiger partial charge on any atom is 0.285 e. The maximum absolute atomic E-state index is 6.10. The second-order valence-corrected chi connectivity index (χ2v) is 7.36. The molecule has 0 radical (unpaired) electrons. The van der Waals surface area contributed by atoms with Crippen molar-refractivity contribution >= 4 is 0 Å². The van der Waals surface area contributed by atoms with E-state index in [1.807, 2.05) is 20.8 Å². The van der Waals surface area contributed by atoms with Crippen LogP contribution in [0.4, 0.5) is 0 Å². The molecule has 158 valence electrons. The first-order valence-electron chi connectivity index (χ1n) is 11.6. The lowest BCUT2D eigenvalue weighted by Gasteiger charge is -2.39. The third kappa shape index (κ3) is 11.6. The summed E-state index contributed by atoms with van der Waals surface area (Å²) in [6.07, 6.45) is 16.8. The van der Waals surface area contributed by atoms with Crippen LogP contribution in [0.2, 0.25) is 0 Å². The Balaban J connectivity index is 4.74. The second-order valence-electron chi connectivity index (χ2n) is 7.36. The van der Waals surface area contributed by atoms with Gasteiger partial charge in [-0.15, -0.1) is 0 Å². The molecule has 0 aliphatic carbocycles. The minimum absolute atomic E-state index is 0.329. The van der Waals surface area contributed by atoms with Crippen molar-refractivity contribution in [2.75, 3.05) is 19.8 Å². The molecule has 0 aliphatic heterocycles. The van der Waals surface area contributed by atoms with Gasteiger partial charge in [-0.1, -0.05) is 84.5 Å². The minimum Gasteiger partial charge on any atom is -0.328 e. The Bertz CT molecular complexity index is 264. The van der Waals surface area contributed by atoms with Gasteiger partial charge in [0.05, 0.1) is 0 Å². The highest BCUT2D eigenvalue weighted by molar-refractivity contribution is 4.73. The summed E-state index contributed by atoms with van der Waals surface area (Å²) in [6, 6.07) is 0. The van der Waals surface area contributed by atoms with E-state index >= 15 is 0 Å². The van der Waals surface area contributed by atoms with Gasteiger partial charge in [-0.25, -0.2) is 0 Å². The van der Waals surface area contributed by atoms with Gasteiger partial charge < -0.3 is 14.2 Å². The van der Waals surface area contributed by atoms with Gasteiger partial charge in [0.2, 0.25) is 0 Å². The van der Waals surface area contributed by atoms with Gasteiger partial charge >= 0.3 is 0 Å². The van der Waals surface area contributed by atoms with E-state index in [0.29, 0.717) is 25.7 Å². The Labute approximate surface area is 164 Å². The lowest BCUT2D eigenvalue weighted by molar-refractivity contribution is -0.403. The van der Waals surface area contributed by atoms with E-state index in [0.717, 1.165) is 12.8 Å². The number of unbranched alkanes of at least 4 members (excludes halogenated alkanes) is 9. The lowest BCUT2D eigenvalue weighted by Crippen LogP contribution is -2.46. The summed E-state index contributed by atoms with van der Waals surface area (Å²) < 4.78 is 18.3. The molecule has 3 heteroatoms. The van der Waals surface area contributed by atoms with E-state index in [9.17, 15) is 0 Å². The van der Waals surface area contributed by atoms with Gasteiger partial charge in [-0.2, -0.15) is 0 Å². The zero-order valence-corrected chi connectivity index (χ0v) is 18.6. The first-order valence-corrected chi connectivity index (χ1v) is 11.6. The molecule has 0 aromatic rings. The summed E-state index contributed by atoms with van der Waals surface area (Å²) in [4.78, 5) is 0. The summed E-state index contributed by atoms with van der Waals surface area (Å²) in [6.45, 7) is 12.5. The highest BCUT2D eigenvalue weighted by Crippen LogP contribution is 2.34. The molecule has 0 saturated carbocycles. The van der Waals surface area contributed by atoms with Crippen molar-refractivity contribution in [3.63, 3.8) is 0 Å². The molecule has 1 unspecified atom stereocenters. The molecule has 0 N–H and O–H groups in total. The van der Waals surface area contributed by atoms with Gasteiger partial charge in [-0.3, -0.25) is 0 Å². The quantitative estimate of drug-likeness (QED) is 0.164. The largest absolute Gasteiger partial charge is 0.328 e. The molecule has 0 spiro atoms. The molecule has 0 rings (SSSR count). The van der Waals surface area contributed by atoms with Crippen molar-refractivity contribution in [2.45, 2.75) is 124 Å². The Hall–Kier alpha value is -0.120. The van der Waals surface area contributed by atoms with E-state index in [1.54, 1.807) is 0 Å². The molecule has 0 fully saturated rings. The van der Waals surface area contributed by atoms with Gasteiger partial charge in [0.1, 0.15) is 0 Å². The Kier molecular flexibility index (Phi) is 18.2. The van der Waals surface area contributed by atoms with Crippen LogP contribution in [0.15, 0.2) is 0 Å². The third-order valence-electron chi connectivity index (χ3n) is 5.10. The summed E-state index contributed by atoms with van der Waals surface area (Å²) in [5.74, 6) is -0.512. The SMILES string of the molecule is CCCCCCCCC(CCCCCCC)C(OCC)(OCC)OCC. The molecule has 26 heavy (non-hydrogen) atoms. The molecule has 0 heterocycles. The monoisotopic (exact) mass is 372 g/mol. The molecule has 0 aromatic carbocycles. The lowest BCUT2D eigenvalue weighted by atomic mass is 9.91. The summed E-state index contributed by atoms with van der Waals surface area (Å²) in [5.41, 5.74) is 0. The third-order valence-corrected chi connectivity index (χ3v) is 5.10. The first-order chi connectivity index (χ1) is 12.7. The minimum atomic E-state index is -0.841.